The predicted octanol–water partition coefficient (Wildman–Crippen LogP) is 4.35. The number of esters is 1. The summed E-state index contributed by atoms with van der Waals surface area (Å²) in [6.07, 6.45) is 3.64. The average molecular weight is 339 g/mol. The molecule has 3 rings (SSSR count). The van der Waals surface area contributed by atoms with E-state index < -0.39 is 11.8 Å². The van der Waals surface area contributed by atoms with Crippen molar-refractivity contribution in [1.82, 2.24) is 0 Å². The molecule has 0 aliphatic carbocycles. The number of halogens is 1. The minimum absolute atomic E-state index is 0.0234. The predicted molar refractivity (Wildman–Crippen MR) is 93.9 cm³/mol. The highest BCUT2D eigenvalue weighted by molar-refractivity contribution is 6.12. The summed E-state index contributed by atoms with van der Waals surface area (Å²) in [7, 11) is 0. The Labute approximate surface area is 145 Å². The summed E-state index contributed by atoms with van der Waals surface area (Å²) in [5.41, 5.74) is 1.05. The van der Waals surface area contributed by atoms with E-state index in [1.807, 2.05) is 24.3 Å². The van der Waals surface area contributed by atoms with Gasteiger partial charge >= 0.3 is 5.97 Å². The first kappa shape index (κ1) is 16.9. The van der Waals surface area contributed by atoms with Gasteiger partial charge in [-0.25, -0.2) is 14.2 Å². The third kappa shape index (κ3) is 4.12. The molecule has 0 bridgehead atoms. The van der Waals surface area contributed by atoms with Crippen molar-refractivity contribution >= 4 is 17.9 Å². The summed E-state index contributed by atoms with van der Waals surface area (Å²) >= 11 is 0. The fourth-order valence-electron chi connectivity index (χ4n) is 2.35. The van der Waals surface area contributed by atoms with Crippen LogP contribution in [0.3, 0.4) is 0 Å². The van der Waals surface area contributed by atoms with Gasteiger partial charge in [0.15, 0.2) is 5.70 Å². The first-order valence-corrected chi connectivity index (χ1v) is 8.17. The lowest BCUT2D eigenvalue weighted by Gasteiger charge is -2.05. The Kier molecular flexibility index (Phi) is 5.23. The smallest absolute Gasteiger partial charge is 0.363 e. The number of aliphatic imine (C=N–C) groups is 1. The maximum absolute atomic E-state index is 13.8. The lowest BCUT2D eigenvalue weighted by molar-refractivity contribution is -0.129. The number of cyclic esters (lactones) is 1. The molecule has 5 heteroatoms. The second-order valence-electron chi connectivity index (χ2n) is 5.59. The van der Waals surface area contributed by atoms with Crippen molar-refractivity contribution in [2.75, 3.05) is 6.61 Å². The van der Waals surface area contributed by atoms with E-state index in [1.54, 1.807) is 18.2 Å². The van der Waals surface area contributed by atoms with E-state index >= 15 is 0 Å². The number of ether oxygens (including phenoxy) is 2. The van der Waals surface area contributed by atoms with E-state index in [2.05, 4.69) is 11.9 Å². The van der Waals surface area contributed by atoms with Gasteiger partial charge in [-0.15, -0.1) is 0 Å². The highest BCUT2D eigenvalue weighted by Gasteiger charge is 2.25. The van der Waals surface area contributed by atoms with Crippen LogP contribution in [0, 0.1) is 5.82 Å². The number of carbonyl (C=O) groups is 1. The quantitative estimate of drug-likeness (QED) is 0.447. The second-order valence-corrected chi connectivity index (χ2v) is 5.59. The lowest BCUT2D eigenvalue weighted by atomic mass is 10.2. The summed E-state index contributed by atoms with van der Waals surface area (Å²) < 4.78 is 24.6. The minimum atomic E-state index is -0.601. The fourth-order valence-corrected chi connectivity index (χ4v) is 2.35. The number of hydrogen-bond acceptors (Lipinski definition) is 4. The molecule has 0 saturated carbocycles. The Bertz CT molecular complexity index is 842. The van der Waals surface area contributed by atoms with E-state index in [1.165, 1.54) is 12.1 Å². The molecule has 0 aromatic heterocycles. The summed E-state index contributed by atoms with van der Waals surface area (Å²) in [6.45, 7) is 2.75. The normalized spacial score (nSPS) is 15.2. The molecule has 128 valence electrons. The van der Waals surface area contributed by atoms with Crippen molar-refractivity contribution in [3.05, 3.63) is 71.2 Å². The Hall–Kier alpha value is -2.95. The third-order valence-electron chi connectivity index (χ3n) is 3.65. The number of nitrogens with zero attached hydrogens (tertiary/aromatic N) is 1. The van der Waals surface area contributed by atoms with Gasteiger partial charge in [0.2, 0.25) is 5.90 Å². The van der Waals surface area contributed by atoms with Gasteiger partial charge in [0.05, 0.1) is 12.2 Å². The Morgan fingerprint density at radius 2 is 2.04 bits per heavy atom. The Morgan fingerprint density at radius 1 is 1.20 bits per heavy atom. The van der Waals surface area contributed by atoms with Crippen molar-refractivity contribution < 1.29 is 18.7 Å². The van der Waals surface area contributed by atoms with Crippen LogP contribution in [0.1, 0.15) is 30.9 Å². The standard InChI is InChI=1S/C20H18FNO3/c1-2-3-11-24-15-8-6-7-14(12-15)13-18-20(23)25-19(22-18)16-9-4-5-10-17(16)21/h4-10,12-13H,2-3,11H2,1H3/b18-13-. The first-order chi connectivity index (χ1) is 12.2. The number of unbranched alkanes of at least 4 members (excludes halogenated alkanes) is 1. The van der Waals surface area contributed by atoms with Crippen molar-refractivity contribution in [2.24, 2.45) is 4.99 Å². The number of carbonyl (C=O) groups excluding carboxylic acids is 1. The SMILES string of the molecule is CCCCOc1cccc(/C=C2\N=C(c3ccccc3F)OC2=O)c1. The maximum atomic E-state index is 13.8. The summed E-state index contributed by atoms with van der Waals surface area (Å²) in [5.74, 6) is -0.380. The van der Waals surface area contributed by atoms with Gasteiger partial charge in [0.25, 0.3) is 0 Å². The van der Waals surface area contributed by atoms with Crippen molar-refractivity contribution in [2.45, 2.75) is 19.8 Å². The average Bonchev–Trinajstić information content (AvgIpc) is 2.96. The summed E-state index contributed by atoms with van der Waals surface area (Å²) in [6, 6.07) is 13.4. The zero-order valence-electron chi connectivity index (χ0n) is 13.9. The molecule has 0 amide bonds. The molecule has 0 fully saturated rings. The summed E-state index contributed by atoms with van der Waals surface area (Å²) in [5, 5.41) is 0. The Balaban J connectivity index is 1.82. The molecule has 25 heavy (non-hydrogen) atoms. The van der Waals surface area contributed by atoms with Crippen molar-refractivity contribution in [3.63, 3.8) is 0 Å². The number of rotatable bonds is 6. The van der Waals surface area contributed by atoms with Gasteiger partial charge in [0, 0.05) is 0 Å². The molecule has 0 radical (unpaired) electrons. The zero-order valence-corrected chi connectivity index (χ0v) is 13.9. The molecule has 0 saturated heterocycles. The molecular weight excluding hydrogens is 321 g/mol. The molecule has 1 aliphatic heterocycles. The van der Waals surface area contributed by atoms with E-state index in [9.17, 15) is 9.18 Å². The van der Waals surface area contributed by atoms with E-state index in [0.717, 1.165) is 24.2 Å². The zero-order chi connectivity index (χ0) is 17.6. The molecule has 0 spiro atoms. The highest BCUT2D eigenvalue weighted by Crippen LogP contribution is 2.22. The molecule has 0 atom stereocenters. The number of hydrogen-bond donors (Lipinski definition) is 0. The van der Waals surface area contributed by atoms with Gasteiger partial charge in [-0.05, 0) is 42.3 Å². The van der Waals surface area contributed by atoms with Crippen LogP contribution in [0.25, 0.3) is 6.08 Å². The largest absolute Gasteiger partial charge is 0.494 e. The molecule has 0 N–H and O–H groups in total. The van der Waals surface area contributed by atoms with Crippen LogP contribution in [0.2, 0.25) is 0 Å². The van der Waals surface area contributed by atoms with Gasteiger partial charge in [-0.1, -0.05) is 37.6 Å². The number of benzene rings is 2. The molecule has 1 aliphatic rings. The molecular formula is C20H18FNO3. The Morgan fingerprint density at radius 3 is 2.84 bits per heavy atom. The van der Waals surface area contributed by atoms with Gasteiger partial charge in [-0.2, -0.15) is 0 Å². The van der Waals surface area contributed by atoms with Gasteiger partial charge in [0.1, 0.15) is 11.6 Å². The van der Waals surface area contributed by atoms with Gasteiger partial charge < -0.3 is 9.47 Å². The fraction of sp³-hybridized carbons (Fsp3) is 0.200. The molecule has 1 heterocycles. The maximum Gasteiger partial charge on any atom is 0.363 e. The van der Waals surface area contributed by atoms with Gasteiger partial charge in [-0.3, -0.25) is 0 Å². The van der Waals surface area contributed by atoms with E-state index in [0.29, 0.717) is 6.61 Å². The van der Waals surface area contributed by atoms with Crippen molar-refractivity contribution in [3.8, 4) is 5.75 Å². The first-order valence-electron chi connectivity index (χ1n) is 8.17. The van der Waals surface area contributed by atoms with E-state index in [4.69, 9.17) is 9.47 Å². The van der Waals surface area contributed by atoms with Crippen LogP contribution in [-0.2, 0) is 9.53 Å². The van der Waals surface area contributed by atoms with Crippen LogP contribution < -0.4 is 4.74 Å². The monoisotopic (exact) mass is 339 g/mol. The van der Waals surface area contributed by atoms with Crippen LogP contribution in [0.5, 0.6) is 5.75 Å². The molecule has 2 aromatic rings. The summed E-state index contributed by atoms with van der Waals surface area (Å²) in [4.78, 5) is 16.1. The lowest BCUT2D eigenvalue weighted by Crippen LogP contribution is -2.07. The van der Waals surface area contributed by atoms with Crippen LogP contribution in [-0.4, -0.2) is 18.5 Å². The second kappa shape index (κ2) is 7.75. The highest BCUT2D eigenvalue weighted by atomic mass is 19.1. The topological polar surface area (TPSA) is 47.9 Å². The van der Waals surface area contributed by atoms with E-state index in [-0.39, 0.29) is 17.2 Å². The van der Waals surface area contributed by atoms with Crippen LogP contribution >= 0.6 is 0 Å². The molecule has 4 nitrogen and oxygen atoms in total. The minimum Gasteiger partial charge on any atom is -0.494 e. The third-order valence-corrected chi connectivity index (χ3v) is 3.65. The molecule has 0 unspecified atom stereocenters. The van der Waals surface area contributed by atoms with Crippen molar-refractivity contribution in [1.29, 1.82) is 0 Å². The van der Waals surface area contributed by atoms with Crippen LogP contribution in [0.15, 0.2) is 59.2 Å². The van der Waals surface area contributed by atoms with Crippen LogP contribution in [0.4, 0.5) is 4.39 Å². The molecule has 2 aromatic carbocycles.